The standard InChI is InChI=1S/C18H18FN3OS/c19-13-4-1-3-12(9-13)10-14-5-2-7-22(14)11-16-20-15-6-8-24-17(15)18(23)21-16/h1,3-4,6,8-9,14H,2,5,7,10-11H2,(H,20,21,23)/t14-/m1/s1. The Morgan fingerprint density at radius 2 is 2.29 bits per heavy atom. The highest BCUT2D eigenvalue weighted by atomic mass is 32.1. The zero-order valence-electron chi connectivity index (χ0n) is 13.2. The van der Waals surface area contributed by atoms with Crippen molar-refractivity contribution in [2.24, 2.45) is 0 Å². The molecule has 3 aromatic rings. The van der Waals surface area contributed by atoms with Gasteiger partial charge in [0.2, 0.25) is 0 Å². The number of fused-ring (bicyclic) bond motifs is 1. The molecule has 2 aromatic heterocycles. The number of likely N-dealkylation sites (tertiary alicyclic amines) is 1. The molecule has 0 bridgehead atoms. The number of hydrogen-bond donors (Lipinski definition) is 1. The number of nitrogens with zero attached hydrogens (tertiary/aromatic N) is 2. The van der Waals surface area contributed by atoms with Gasteiger partial charge in [0.25, 0.3) is 5.56 Å². The summed E-state index contributed by atoms with van der Waals surface area (Å²) in [6.07, 6.45) is 3.02. The van der Waals surface area contributed by atoms with Crippen LogP contribution >= 0.6 is 11.3 Å². The van der Waals surface area contributed by atoms with E-state index in [1.807, 2.05) is 17.5 Å². The van der Waals surface area contributed by atoms with Crippen molar-refractivity contribution in [2.45, 2.75) is 31.8 Å². The number of hydrogen-bond acceptors (Lipinski definition) is 4. The summed E-state index contributed by atoms with van der Waals surface area (Å²) in [4.78, 5) is 21.9. The average Bonchev–Trinajstić information content (AvgIpc) is 3.17. The Labute approximate surface area is 143 Å². The number of H-pyrrole nitrogens is 1. The summed E-state index contributed by atoms with van der Waals surface area (Å²) >= 11 is 1.41. The molecule has 4 nitrogen and oxygen atoms in total. The van der Waals surface area contributed by atoms with E-state index in [1.165, 1.54) is 17.4 Å². The number of thiophene rings is 1. The smallest absolute Gasteiger partial charge is 0.268 e. The van der Waals surface area contributed by atoms with Crippen molar-refractivity contribution in [3.8, 4) is 0 Å². The lowest BCUT2D eigenvalue weighted by atomic mass is 10.0. The van der Waals surface area contributed by atoms with Crippen molar-refractivity contribution in [3.05, 3.63) is 63.3 Å². The highest BCUT2D eigenvalue weighted by molar-refractivity contribution is 7.17. The van der Waals surface area contributed by atoms with E-state index in [1.54, 1.807) is 12.1 Å². The molecule has 0 amide bonds. The van der Waals surface area contributed by atoms with E-state index in [9.17, 15) is 9.18 Å². The van der Waals surface area contributed by atoms with E-state index in [0.29, 0.717) is 23.1 Å². The quantitative estimate of drug-likeness (QED) is 0.790. The van der Waals surface area contributed by atoms with Crippen LogP contribution < -0.4 is 5.56 Å². The maximum Gasteiger partial charge on any atom is 0.268 e. The van der Waals surface area contributed by atoms with Gasteiger partial charge in [-0.15, -0.1) is 11.3 Å². The Morgan fingerprint density at radius 3 is 3.17 bits per heavy atom. The Morgan fingerprint density at radius 1 is 1.38 bits per heavy atom. The van der Waals surface area contributed by atoms with Gasteiger partial charge in [-0.25, -0.2) is 9.37 Å². The predicted molar refractivity (Wildman–Crippen MR) is 93.8 cm³/mol. The van der Waals surface area contributed by atoms with Crippen LogP contribution in [0.4, 0.5) is 4.39 Å². The van der Waals surface area contributed by atoms with Gasteiger partial charge in [0.15, 0.2) is 0 Å². The van der Waals surface area contributed by atoms with E-state index >= 15 is 0 Å². The second-order valence-electron chi connectivity index (χ2n) is 6.25. The first kappa shape index (κ1) is 15.5. The topological polar surface area (TPSA) is 49.0 Å². The Bertz CT molecular complexity index is 920. The van der Waals surface area contributed by atoms with Crippen molar-refractivity contribution < 1.29 is 4.39 Å². The summed E-state index contributed by atoms with van der Waals surface area (Å²) in [6, 6.07) is 9.04. The molecule has 0 radical (unpaired) electrons. The number of aromatic nitrogens is 2. The maximum atomic E-state index is 13.4. The Kier molecular flexibility index (Phi) is 4.16. The Balaban J connectivity index is 1.53. The van der Waals surface area contributed by atoms with Crippen LogP contribution in [0.5, 0.6) is 0 Å². The third-order valence-corrected chi connectivity index (χ3v) is 5.48. The number of halogens is 1. The molecular formula is C18H18FN3OS. The van der Waals surface area contributed by atoms with Crippen LogP contribution in [-0.4, -0.2) is 27.5 Å². The van der Waals surface area contributed by atoms with Crippen LogP contribution in [0, 0.1) is 5.82 Å². The van der Waals surface area contributed by atoms with Crippen LogP contribution in [-0.2, 0) is 13.0 Å². The van der Waals surface area contributed by atoms with Crippen molar-refractivity contribution in [1.29, 1.82) is 0 Å². The molecule has 124 valence electrons. The van der Waals surface area contributed by atoms with Crippen molar-refractivity contribution in [2.75, 3.05) is 6.54 Å². The van der Waals surface area contributed by atoms with Gasteiger partial charge in [-0.1, -0.05) is 12.1 Å². The summed E-state index contributed by atoms with van der Waals surface area (Å²) in [7, 11) is 0. The molecule has 0 unspecified atom stereocenters. The molecule has 1 aromatic carbocycles. The normalized spacial score (nSPS) is 18.5. The van der Waals surface area contributed by atoms with Gasteiger partial charge in [-0.3, -0.25) is 9.69 Å². The van der Waals surface area contributed by atoms with Gasteiger partial charge in [-0.2, -0.15) is 0 Å². The molecule has 1 fully saturated rings. The summed E-state index contributed by atoms with van der Waals surface area (Å²) in [6.45, 7) is 1.60. The third kappa shape index (κ3) is 3.12. The molecule has 1 aliphatic rings. The van der Waals surface area contributed by atoms with Crippen molar-refractivity contribution in [3.63, 3.8) is 0 Å². The fourth-order valence-electron chi connectivity index (χ4n) is 3.46. The van der Waals surface area contributed by atoms with E-state index in [2.05, 4.69) is 14.9 Å². The van der Waals surface area contributed by atoms with Gasteiger partial charge >= 0.3 is 0 Å². The largest absolute Gasteiger partial charge is 0.308 e. The zero-order valence-corrected chi connectivity index (χ0v) is 14.0. The van der Waals surface area contributed by atoms with Crippen LogP contribution in [0.3, 0.4) is 0 Å². The number of aromatic amines is 1. The second-order valence-corrected chi connectivity index (χ2v) is 7.16. The van der Waals surface area contributed by atoms with Gasteiger partial charge in [0.05, 0.1) is 12.1 Å². The van der Waals surface area contributed by atoms with Gasteiger partial charge in [0, 0.05) is 6.04 Å². The van der Waals surface area contributed by atoms with E-state index in [0.717, 1.165) is 36.9 Å². The van der Waals surface area contributed by atoms with Crippen LogP contribution in [0.15, 0.2) is 40.5 Å². The molecule has 3 heterocycles. The molecule has 1 saturated heterocycles. The first-order valence-electron chi connectivity index (χ1n) is 8.14. The highest BCUT2D eigenvalue weighted by Gasteiger charge is 2.25. The minimum Gasteiger partial charge on any atom is -0.308 e. The number of rotatable bonds is 4. The molecule has 1 aliphatic heterocycles. The lowest BCUT2D eigenvalue weighted by Crippen LogP contribution is -2.32. The maximum absolute atomic E-state index is 13.4. The summed E-state index contributed by atoms with van der Waals surface area (Å²) in [5, 5.41) is 1.89. The van der Waals surface area contributed by atoms with Gasteiger partial charge in [-0.05, 0) is 54.9 Å². The van der Waals surface area contributed by atoms with Gasteiger partial charge < -0.3 is 4.98 Å². The van der Waals surface area contributed by atoms with Crippen LogP contribution in [0.1, 0.15) is 24.2 Å². The predicted octanol–water partition coefficient (Wildman–Crippen LogP) is 3.33. The van der Waals surface area contributed by atoms with E-state index < -0.39 is 0 Å². The van der Waals surface area contributed by atoms with Crippen molar-refractivity contribution in [1.82, 2.24) is 14.9 Å². The third-order valence-electron chi connectivity index (χ3n) is 4.58. The molecule has 1 atom stereocenters. The second kappa shape index (κ2) is 6.45. The first-order chi connectivity index (χ1) is 11.7. The lowest BCUT2D eigenvalue weighted by Gasteiger charge is -2.24. The molecule has 0 aliphatic carbocycles. The van der Waals surface area contributed by atoms with Gasteiger partial charge in [0.1, 0.15) is 16.3 Å². The van der Waals surface area contributed by atoms with E-state index in [4.69, 9.17) is 0 Å². The summed E-state index contributed by atoms with van der Waals surface area (Å²) < 4.78 is 14.1. The summed E-state index contributed by atoms with van der Waals surface area (Å²) in [5.41, 5.74) is 1.71. The molecule has 24 heavy (non-hydrogen) atoms. The molecular weight excluding hydrogens is 325 g/mol. The highest BCUT2D eigenvalue weighted by Crippen LogP contribution is 2.23. The van der Waals surface area contributed by atoms with Crippen LogP contribution in [0.25, 0.3) is 10.2 Å². The molecule has 0 spiro atoms. The van der Waals surface area contributed by atoms with Crippen molar-refractivity contribution >= 4 is 21.6 Å². The molecule has 6 heteroatoms. The zero-order chi connectivity index (χ0) is 16.5. The fourth-order valence-corrected chi connectivity index (χ4v) is 4.18. The molecule has 0 saturated carbocycles. The minimum absolute atomic E-state index is 0.0640. The number of benzene rings is 1. The Hall–Kier alpha value is -2.05. The lowest BCUT2D eigenvalue weighted by molar-refractivity contribution is 0.238. The molecule has 4 rings (SSSR count). The summed E-state index contributed by atoms with van der Waals surface area (Å²) in [5.74, 6) is 0.517. The molecule has 1 N–H and O–H groups in total. The van der Waals surface area contributed by atoms with E-state index in [-0.39, 0.29) is 11.4 Å². The monoisotopic (exact) mass is 343 g/mol. The average molecular weight is 343 g/mol. The number of nitrogens with one attached hydrogen (secondary N) is 1. The minimum atomic E-state index is -0.189. The first-order valence-corrected chi connectivity index (χ1v) is 9.02. The SMILES string of the molecule is O=c1[nH]c(CN2CCC[C@@H]2Cc2cccc(F)c2)nc2ccsc12. The van der Waals surface area contributed by atoms with Crippen LogP contribution in [0.2, 0.25) is 0 Å². The fraction of sp³-hybridized carbons (Fsp3) is 0.333.